The Morgan fingerprint density at radius 3 is 2.45 bits per heavy atom. The number of benzene rings is 1. The molecule has 33 heavy (non-hydrogen) atoms. The van der Waals surface area contributed by atoms with E-state index >= 15 is 0 Å². The van der Waals surface area contributed by atoms with Gasteiger partial charge in [0, 0.05) is 35.5 Å². The van der Waals surface area contributed by atoms with Gasteiger partial charge in [0.1, 0.15) is 6.61 Å². The van der Waals surface area contributed by atoms with Gasteiger partial charge in [-0.05, 0) is 49.7 Å². The van der Waals surface area contributed by atoms with Crippen molar-refractivity contribution in [2.75, 3.05) is 13.2 Å². The maximum Gasteiger partial charge on any atom is 0.329 e. The number of hydrogen-bond donors (Lipinski definition) is 1. The van der Waals surface area contributed by atoms with Crippen LogP contribution in [0.4, 0.5) is 4.39 Å². The molecule has 2 heterocycles. The molecule has 0 unspecified atom stereocenters. The van der Waals surface area contributed by atoms with E-state index in [1.54, 1.807) is 12.1 Å². The third-order valence-corrected chi connectivity index (χ3v) is 6.06. The Balaban J connectivity index is 1.53. The molecule has 0 bridgehead atoms. The highest BCUT2D eigenvalue weighted by atomic mass is 19.1. The lowest BCUT2D eigenvalue weighted by atomic mass is 9.82. The smallest absolute Gasteiger partial charge is 0.329 e. The Bertz CT molecular complexity index is 1140. The van der Waals surface area contributed by atoms with E-state index < -0.39 is 11.9 Å². The van der Waals surface area contributed by atoms with E-state index in [-0.39, 0.29) is 12.2 Å². The Hall–Kier alpha value is -3.39. The van der Waals surface area contributed by atoms with Crippen LogP contribution in [0.15, 0.2) is 59.5 Å². The normalized spacial score (nSPS) is 18.2. The molecule has 7 nitrogen and oxygen atoms in total. The predicted octanol–water partition coefficient (Wildman–Crippen LogP) is 4.02. The van der Waals surface area contributed by atoms with Crippen LogP contribution in [0.1, 0.15) is 25.7 Å². The van der Waals surface area contributed by atoms with Crippen LogP contribution in [-0.4, -0.2) is 39.1 Å². The molecule has 0 spiro atoms. The number of carboxylic acid groups (broad SMARTS) is 1. The number of carbonyl (C=O) groups is 1. The Morgan fingerprint density at radius 2 is 1.79 bits per heavy atom. The second-order valence-electron chi connectivity index (χ2n) is 8.46. The SMILES string of the molecule is O=C(O)COC[C@H]1CC[C@H](Cn2nc(-c3ccccc3)c(-c3ccc(F)nc3)cc2=O)CC1. The largest absolute Gasteiger partial charge is 0.480 e. The molecule has 1 fully saturated rings. The molecule has 1 N–H and O–H groups in total. The molecule has 1 aliphatic carbocycles. The maximum absolute atomic E-state index is 13.3. The molecule has 0 saturated heterocycles. The van der Waals surface area contributed by atoms with Crippen molar-refractivity contribution in [2.24, 2.45) is 11.8 Å². The zero-order valence-corrected chi connectivity index (χ0v) is 18.2. The van der Waals surface area contributed by atoms with E-state index in [1.807, 2.05) is 30.3 Å². The van der Waals surface area contributed by atoms with Gasteiger partial charge in [-0.15, -0.1) is 0 Å². The van der Waals surface area contributed by atoms with Crippen LogP contribution in [0.3, 0.4) is 0 Å². The van der Waals surface area contributed by atoms with Gasteiger partial charge in [-0.2, -0.15) is 9.49 Å². The summed E-state index contributed by atoms with van der Waals surface area (Å²) in [4.78, 5) is 27.3. The Kier molecular flexibility index (Phi) is 7.24. The van der Waals surface area contributed by atoms with Crippen molar-refractivity contribution in [1.29, 1.82) is 0 Å². The minimum Gasteiger partial charge on any atom is -0.480 e. The molecular weight excluding hydrogens is 425 g/mol. The lowest BCUT2D eigenvalue weighted by molar-refractivity contribution is -0.142. The van der Waals surface area contributed by atoms with E-state index in [4.69, 9.17) is 14.9 Å². The van der Waals surface area contributed by atoms with E-state index in [0.717, 1.165) is 31.2 Å². The highest BCUT2D eigenvalue weighted by Gasteiger charge is 2.23. The van der Waals surface area contributed by atoms with Crippen LogP contribution in [0.25, 0.3) is 22.4 Å². The number of hydrogen-bond acceptors (Lipinski definition) is 5. The van der Waals surface area contributed by atoms with Gasteiger partial charge in [-0.25, -0.2) is 14.5 Å². The summed E-state index contributed by atoms with van der Waals surface area (Å²) < 4.78 is 20.1. The third-order valence-electron chi connectivity index (χ3n) is 6.06. The highest BCUT2D eigenvalue weighted by Crippen LogP contribution is 2.31. The first-order valence-corrected chi connectivity index (χ1v) is 11.1. The first-order chi connectivity index (χ1) is 16.0. The third kappa shape index (κ3) is 5.90. The van der Waals surface area contributed by atoms with Gasteiger partial charge >= 0.3 is 5.97 Å². The maximum atomic E-state index is 13.3. The highest BCUT2D eigenvalue weighted by molar-refractivity contribution is 5.79. The Morgan fingerprint density at radius 1 is 1.06 bits per heavy atom. The van der Waals surface area contributed by atoms with Gasteiger partial charge in [0.2, 0.25) is 5.95 Å². The van der Waals surface area contributed by atoms with Crippen LogP contribution >= 0.6 is 0 Å². The second kappa shape index (κ2) is 10.5. The molecule has 0 atom stereocenters. The first-order valence-electron chi connectivity index (χ1n) is 11.1. The van der Waals surface area contributed by atoms with Crippen molar-refractivity contribution < 1.29 is 19.0 Å². The summed E-state index contributed by atoms with van der Waals surface area (Å²) in [7, 11) is 0. The number of pyridine rings is 1. The number of halogens is 1. The zero-order valence-electron chi connectivity index (χ0n) is 18.2. The number of nitrogens with zero attached hydrogens (tertiary/aromatic N) is 3. The van der Waals surface area contributed by atoms with Crippen LogP contribution in [-0.2, 0) is 16.1 Å². The monoisotopic (exact) mass is 451 g/mol. The molecule has 4 rings (SSSR count). The van der Waals surface area contributed by atoms with Crippen molar-refractivity contribution in [2.45, 2.75) is 32.2 Å². The van der Waals surface area contributed by atoms with Gasteiger partial charge in [0.05, 0.1) is 12.3 Å². The number of aliphatic carboxylic acids is 1. The van der Waals surface area contributed by atoms with Crippen molar-refractivity contribution in [3.05, 3.63) is 71.0 Å². The molecule has 0 aliphatic heterocycles. The van der Waals surface area contributed by atoms with Crippen LogP contribution in [0.5, 0.6) is 0 Å². The number of ether oxygens (including phenoxy) is 1. The fraction of sp³-hybridized carbons (Fsp3) is 0.360. The molecule has 1 aromatic carbocycles. The fourth-order valence-corrected chi connectivity index (χ4v) is 4.32. The van der Waals surface area contributed by atoms with Gasteiger partial charge in [0.15, 0.2) is 0 Å². The van der Waals surface area contributed by atoms with Crippen molar-refractivity contribution >= 4 is 5.97 Å². The molecule has 1 aliphatic rings. The summed E-state index contributed by atoms with van der Waals surface area (Å²) in [6.45, 7) is 0.705. The minimum absolute atomic E-state index is 0.207. The molecule has 172 valence electrons. The Labute approximate surface area is 190 Å². The average Bonchev–Trinajstić information content (AvgIpc) is 2.82. The van der Waals surface area contributed by atoms with Crippen LogP contribution in [0.2, 0.25) is 0 Å². The quantitative estimate of drug-likeness (QED) is 0.520. The number of aromatic nitrogens is 3. The van der Waals surface area contributed by atoms with Crippen molar-refractivity contribution in [3.8, 4) is 22.4 Å². The van der Waals surface area contributed by atoms with E-state index in [1.165, 1.54) is 16.9 Å². The average molecular weight is 451 g/mol. The van der Waals surface area contributed by atoms with Crippen LogP contribution in [0, 0.1) is 17.8 Å². The molecule has 3 aromatic rings. The summed E-state index contributed by atoms with van der Waals surface area (Å²) in [6, 6.07) is 14.0. The van der Waals surface area contributed by atoms with Crippen LogP contribution < -0.4 is 5.56 Å². The van der Waals surface area contributed by atoms with Gasteiger partial charge in [-0.3, -0.25) is 4.79 Å². The minimum atomic E-state index is -0.955. The molecular formula is C25H26FN3O4. The van der Waals surface area contributed by atoms with Gasteiger partial charge < -0.3 is 9.84 Å². The summed E-state index contributed by atoms with van der Waals surface area (Å²) in [5.74, 6) is -0.875. The standard InChI is InChI=1S/C25H26FN3O4/c26-22-11-10-20(13-27-22)21-12-23(30)29(28-25(21)19-4-2-1-3-5-19)14-17-6-8-18(9-7-17)15-33-16-24(31)32/h1-5,10-13,17-18H,6-9,14-16H2,(H,31,32)/t17-,18-. The fourth-order valence-electron chi connectivity index (χ4n) is 4.32. The van der Waals surface area contributed by atoms with Crippen molar-refractivity contribution in [1.82, 2.24) is 14.8 Å². The molecule has 8 heteroatoms. The summed E-state index contributed by atoms with van der Waals surface area (Å²) >= 11 is 0. The topological polar surface area (TPSA) is 94.3 Å². The second-order valence-corrected chi connectivity index (χ2v) is 8.46. The van der Waals surface area contributed by atoms with E-state index in [9.17, 15) is 14.0 Å². The predicted molar refractivity (Wildman–Crippen MR) is 121 cm³/mol. The summed E-state index contributed by atoms with van der Waals surface area (Å²) in [5, 5.41) is 13.4. The molecule has 0 amide bonds. The number of carboxylic acids is 1. The van der Waals surface area contributed by atoms with E-state index in [2.05, 4.69) is 4.98 Å². The zero-order chi connectivity index (χ0) is 23.2. The summed E-state index contributed by atoms with van der Waals surface area (Å²) in [5.41, 5.74) is 2.56. The van der Waals surface area contributed by atoms with Crippen molar-refractivity contribution in [3.63, 3.8) is 0 Å². The molecule has 1 saturated carbocycles. The van der Waals surface area contributed by atoms with Gasteiger partial charge in [0.25, 0.3) is 5.56 Å². The molecule has 2 aromatic heterocycles. The van der Waals surface area contributed by atoms with E-state index in [0.29, 0.717) is 41.8 Å². The first kappa shape index (κ1) is 22.8. The lowest BCUT2D eigenvalue weighted by Crippen LogP contribution is -2.29. The number of rotatable bonds is 8. The molecule has 0 radical (unpaired) electrons. The summed E-state index contributed by atoms with van der Waals surface area (Å²) in [6.07, 6.45) is 5.14. The van der Waals surface area contributed by atoms with Gasteiger partial charge in [-0.1, -0.05) is 30.3 Å². The lowest BCUT2D eigenvalue weighted by Gasteiger charge is -2.28.